The number of amides is 2. The van der Waals surface area contributed by atoms with Crippen LogP contribution in [-0.2, 0) is 0 Å². The fraction of sp³-hybridized carbons (Fsp3) is 0.929. The first-order chi connectivity index (χ1) is 8.20. The van der Waals surface area contributed by atoms with Gasteiger partial charge in [-0.15, -0.1) is 0 Å². The van der Waals surface area contributed by atoms with Crippen LogP contribution < -0.4 is 10.6 Å². The lowest BCUT2D eigenvalue weighted by molar-refractivity contribution is 0.163. The molecule has 0 aromatic rings. The van der Waals surface area contributed by atoms with E-state index in [2.05, 4.69) is 31.4 Å². The fourth-order valence-corrected chi connectivity index (χ4v) is 1.82. The highest BCUT2D eigenvalue weighted by Gasteiger charge is 2.10. The summed E-state index contributed by atoms with van der Waals surface area (Å²) in [5.41, 5.74) is 0.323. The lowest BCUT2D eigenvalue weighted by Gasteiger charge is -2.18. The molecule has 0 rings (SSSR count). The zero-order chi connectivity index (χ0) is 14.2. The Balaban J connectivity index is 3.54. The Bertz CT molecular complexity index is 234. The highest BCUT2D eigenvalue weighted by atomic mass is 16.3. The van der Waals surface area contributed by atoms with Crippen LogP contribution in [0.1, 0.15) is 53.9 Å². The summed E-state index contributed by atoms with van der Waals surface area (Å²) in [4.78, 5) is 11.5. The average Bonchev–Trinajstić information content (AvgIpc) is 2.19. The third-order valence-electron chi connectivity index (χ3n) is 2.74. The minimum atomic E-state index is -0.309. The number of carbonyl (C=O) groups is 1. The number of carbonyl (C=O) groups excluding carboxylic acids is 1. The van der Waals surface area contributed by atoms with Crippen molar-refractivity contribution < 1.29 is 9.90 Å². The Kier molecular flexibility index (Phi) is 8.00. The van der Waals surface area contributed by atoms with Gasteiger partial charge in [-0.25, -0.2) is 4.79 Å². The Labute approximate surface area is 112 Å². The van der Waals surface area contributed by atoms with E-state index in [0.29, 0.717) is 30.8 Å². The summed E-state index contributed by atoms with van der Waals surface area (Å²) in [5, 5.41) is 14.9. The predicted octanol–water partition coefficient (Wildman–Crippen LogP) is 2.52. The highest BCUT2D eigenvalue weighted by Crippen LogP contribution is 2.19. The Morgan fingerprint density at radius 1 is 1.22 bits per heavy atom. The van der Waals surface area contributed by atoms with Gasteiger partial charge in [-0.05, 0) is 37.5 Å². The van der Waals surface area contributed by atoms with Crippen LogP contribution in [0.3, 0.4) is 0 Å². The van der Waals surface area contributed by atoms with Crippen molar-refractivity contribution >= 4 is 6.03 Å². The molecule has 0 aliphatic carbocycles. The second kappa shape index (κ2) is 8.35. The number of hydrogen-bond acceptors (Lipinski definition) is 2. The van der Waals surface area contributed by atoms with Gasteiger partial charge >= 0.3 is 6.03 Å². The smallest absolute Gasteiger partial charge is 0.314 e. The molecule has 0 saturated carbocycles. The molecule has 0 spiro atoms. The highest BCUT2D eigenvalue weighted by molar-refractivity contribution is 5.73. The van der Waals surface area contributed by atoms with Crippen LogP contribution in [0.4, 0.5) is 4.79 Å². The molecule has 0 radical (unpaired) electrons. The van der Waals surface area contributed by atoms with Crippen LogP contribution >= 0.6 is 0 Å². The molecule has 0 fully saturated rings. The van der Waals surface area contributed by atoms with E-state index < -0.39 is 0 Å². The third kappa shape index (κ3) is 11.7. The van der Waals surface area contributed by atoms with Gasteiger partial charge < -0.3 is 15.7 Å². The van der Waals surface area contributed by atoms with Gasteiger partial charge in [0.15, 0.2) is 0 Å². The third-order valence-corrected chi connectivity index (χ3v) is 2.74. The van der Waals surface area contributed by atoms with E-state index in [0.717, 1.165) is 12.8 Å². The van der Waals surface area contributed by atoms with Gasteiger partial charge in [0.1, 0.15) is 0 Å². The molecule has 2 amide bonds. The Hall–Kier alpha value is -0.770. The van der Waals surface area contributed by atoms with Gasteiger partial charge in [0.2, 0.25) is 0 Å². The first-order valence-corrected chi connectivity index (χ1v) is 6.90. The molecule has 2 atom stereocenters. The normalized spacial score (nSPS) is 15.0. The first kappa shape index (κ1) is 17.2. The predicted molar refractivity (Wildman–Crippen MR) is 75.6 cm³/mol. The van der Waals surface area contributed by atoms with E-state index >= 15 is 0 Å². The van der Waals surface area contributed by atoms with Crippen molar-refractivity contribution in [2.45, 2.75) is 60.0 Å². The van der Waals surface area contributed by atoms with Gasteiger partial charge in [0.05, 0.1) is 6.10 Å². The zero-order valence-electron chi connectivity index (χ0n) is 12.5. The molecule has 3 N–H and O–H groups in total. The quantitative estimate of drug-likeness (QED) is 0.614. The number of urea groups is 1. The number of aliphatic hydroxyl groups excluding tert-OH is 1. The van der Waals surface area contributed by atoms with Crippen LogP contribution in [0.15, 0.2) is 0 Å². The maximum absolute atomic E-state index is 11.5. The van der Waals surface area contributed by atoms with Crippen LogP contribution in [0.5, 0.6) is 0 Å². The van der Waals surface area contributed by atoms with Crippen LogP contribution in [0.2, 0.25) is 0 Å². The Morgan fingerprint density at radius 2 is 1.83 bits per heavy atom. The van der Waals surface area contributed by atoms with Crippen molar-refractivity contribution in [2.24, 2.45) is 11.3 Å². The second-order valence-electron chi connectivity index (χ2n) is 6.49. The van der Waals surface area contributed by atoms with E-state index in [1.165, 1.54) is 0 Å². The van der Waals surface area contributed by atoms with Crippen LogP contribution in [0.25, 0.3) is 0 Å². The summed E-state index contributed by atoms with van der Waals surface area (Å²) < 4.78 is 0. The lowest BCUT2D eigenvalue weighted by Crippen LogP contribution is -2.38. The van der Waals surface area contributed by atoms with Gasteiger partial charge in [-0.3, -0.25) is 0 Å². The van der Waals surface area contributed by atoms with Crippen molar-refractivity contribution in [3.63, 3.8) is 0 Å². The SMILES string of the molecule is CC(O)CC(C)CNC(=O)NCCCC(C)(C)C. The minimum absolute atomic E-state index is 0.110. The molecule has 0 aliphatic heterocycles. The summed E-state index contributed by atoms with van der Waals surface area (Å²) in [6, 6.07) is -0.110. The molecule has 0 aromatic heterocycles. The largest absolute Gasteiger partial charge is 0.393 e. The van der Waals surface area contributed by atoms with Crippen LogP contribution in [0, 0.1) is 11.3 Å². The van der Waals surface area contributed by atoms with Crippen molar-refractivity contribution in [2.75, 3.05) is 13.1 Å². The average molecular weight is 258 g/mol. The Morgan fingerprint density at radius 3 is 2.33 bits per heavy atom. The molecular formula is C14H30N2O2. The van der Waals surface area contributed by atoms with E-state index in [-0.39, 0.29) is 12.1 Å². The van der Waals surface area contributed by atoms with E-state index in [9.17, 15) is 9.90 Å². The van der Waals surface area contributed by atoms with Crippen LogP contribution in [-0.4, -0.2) is 30.3 Å². The van der Waals surface area contributed by atoms with Crippen molar-refractivity contribution in [3.05, 3.63) is 0 Å². The fourth-order valence-electron chi connectivity index (χ4n) is 1.82. The van der Waals surface area contributed by atoms with Gasteiger partial charge in [0.25, 0.3) is 0 Å². The lowest BCUT2D eigenvalue weighted by atomic mass is 9.91. The molecular weight excluding hydrogens is 228 g/mol. The van der Waals surface area contributed by atoms with Gasteiger partial charge in [-0.2, -0.15) is 0 Å². The number of nitrogens with one attached hydrogen (secondary N) is 2. The molecule has 18 heavy (non-hydrogen) atoms. The van der Waals surface area contributed by atoms with E-state index in [1.807, 2.05) is 6.92 Å². The summed E-state index contributed by atoms with van der Waals surface area (Å²) >= 11 is 0. The monoisotopic (exact) mass is 258 g/mol. The van der Waals surface area contributed by atoms with E-state index in [4.69, 9.17) is 0 Å². The molecule has 0 bridgehead atoms. The minimum Gasteiger partial charge on any atom is -0.393 e. The van der Waals surface area contributed by atoms with Gasteiger partial charge in [0, 0.05) is 13.1 Å². The summed E-state index contributed by atoms with van der Waals surface area (Å²) in [5.74, 6) is 0.297. The maximum Gasteiger partial charge on any atom is 0.314 e. The zero-order valence-corrected chi connectivity index (χ0v) is 12.5. The first-order valence-electron chi connectivity index (χ1n) is 6.90. The van der Waals surface area contributed by atoms with Gasteiger partial charge in [-0.1, -0.05) is 27.7 Å². The standard InChI is InChI=1S/C14H30N2O2/c1-11(9-12(2)17)10-16-13(18)15-8-6-7-14(3,4)5/h11-12,17H,6-10H2,1-5H3,(H2,15,16,18). The summed E-state index contributed by atoms with van der Waals surface area (Å²) in [7, 11) is 0. The molecule has 4 nitrogen and oxygen atoms in total. The van der Waals surface area contributed by atoms with Crippen molar-refractivity contribution in [1.29, 1.82) is 0 Å². The molecule has 108 valence electrons. The maximum atomic E-state index is 11.5. The molecule has 4 heteroatoms. The number of aliphatic hydroxyl groups is 1. The molecule has 0 heterocycles. The number of rotatable bonds is 7. The molecule has 0 saturated heterocycles. The topological polar surface area (TPSA) is 61.4 Å². The second-order valence-corrected chi connectivity index (χ2v) is 6.49. The van der Waals surface area contributed by atoms with E-state index in [1.54, 1.807) is 6.92 Å². The van der Waals surface area contributed by atoms with Crippen molar-refractivity contribution in [1.82, 2.24) is 10.6 Å². The van der Waals surface area contributed by atoms with Crippen molar-refractivity contribution in [3.8, 4) is 0 Å². The number of hydrogen-bond donors (Lipinski definition) is 3. The molecule has 0 aromatic carbocycles. The molecule has 2 unspecified atom stereocenters. The molecule has 0 aliphatic rings. The summed E-state index contributed by atoms with van der Waals surface area (Å²) in [6.45, 7) is 11.7. The summed E-state index contributed by atoms with van der Waals surface area (Å²) in [6.07, 6.45) is 2.51.